The largest absolute Gasteiger partial charge is 0.363 e. The highest BCUT2D eigenvalue weighted by atomic mass is 32.2. The molecule has 0 spiro atoms. The van der Waals surface area contributed by atoms with E-state index in [1.807, 2.05) is 0 Å². The van der Waals surface area contributed by atoms with E-state index in [0.717, 1.165) is 0 Å². The van der Waals surface area contributed by atoms with Crippen LogP contribution < -0.4 is 5.73 Å². The van der Waals surface area contributed by atoms with Crippen molar-refractivity contribution in [3.63, 3.8) is 0 Å². The predicted molar refractivity (Wildman–Crippen MR) is 52.3 cm³/mol. The fourth-order valence-corrected chi connectivity index (χ4v) is 1.46. The number of benzene rings is 1. The molecular weight excluding hydrogens is 202 g/mol. The third-order valence-corrected chi connectivity index (χ3v) is 2.61. The highest BCUT2D eigenvalue weighted by Gasteiger charge is 2.11. The van der Waals surface area contributed by atoms with Crippen molar-refractivity contribution in [2.75, 3.05) is 6.26 Å². The third kappa shape index (κ3) is 2.26. The van der Waals surface area contributed by atoms with Gasteiger partial charge < -0.3 is 5.73 Å². The summed E-state index contributed by atoms with van der Waals surface area (Å²) in [5, 5.41) is 0. The summed E-state index contributed by atoms with van der Waals surface area (Å²) >= 11 is 0. The van der Waals surface area contributed by atoms with Crippen molar-refractivity contribution in [2.45, 2.75) is 4.90 Å². The highest BCUT2D eigenvalue weighted by Crippen LogP contribution is 2.07. The molecular formula is C9H9NO3S. The molecule has 0 fully saturated rings. The van der Waals surface area contributed by atoms with Gasteiger partial charge in [-0.2, -0.15) is 0 Å². The number of amides is 1. The van der Waals surface area contributed by atoms with Gasteiger partial charge in [-0.15, -0.1) is 0 Å². The molecule has 0 radical (unpaired) electrons. The Morgan fingerprint density at radius 2 is 1.71 bits per heavy atom. The maximum absolute atomic E-state index is 11.1. The van der Waals surface area contributed by atoms with Gasteiger partial charge in [0.1, 0.15) is 0 Å². The van der Waals surface area contributed by atoms with Crippen LogP contribution in [0.5, 0.6) is 0 Å². The molecule has 4 nitrogen and oxygen atoms in total. The molecule has 1 aromatic rings. The van der Waals surface area contributed by atoms with Crippen LogP contribution in [0.25, 0.3) is 0 Å². The van der Waals surface area contributed by atoms with Crippen LogP contribution in [0.1, 0.15) is 10.4 Å². The van der Waals surface area contributed by atoms with Crippen LogP contribution in [0.2, 0.25) is 0 Å². The summed E-state index contributed by atoms with van der Waals surface area (Å²) in [5.74, 6) is -1.73. The summed E-state index contributed by atoms with van der Waals surface area (Å²) in [5.41, 5.74) is 5.03. The summed E-state index contributed by atoms with van der Waals surface area (Å²) in [6, 6.07) is 5.94. The first-order valence-electron chi connectivity index (χ1n) is 3.80. The Bertz CT molecular complexity index is 397. The van der Waals surface area contributed by atoms with Crippen LogP contribution in [-0.2, 0) is 15.6 Å². The van der Waals surface area contributed by atoms with Gasteiger partial charge in [-0.3, -0.25) is 13.8 Å². The van der Waals surface area contributed by atoms with Crippen LogP contribution in [0, 0.1) is 0 Å². The van der Waals surface area contributed by atoms with E-state index in [0.29, 0.717) is 4.90 Å². The molecule has 1 unspecified atom stereocenters. The fourth-order valence-electron chi connectivity index (χ4n) is 0.940. The van der Waals surface area contributed by atoms with E-state index in [1.54, 1.807) is 0 Å². The first kappa shape index (κ1) is 10.6. The standard InChI is InChI=1S/C9H9NO3S/c1-14(13)7-4-2-6(3-5-7)8(11)9(10)12/h2-5H,1H3,(H2,10,12). The first-order chi connectivity index (χ1) is 6.52. The van der Waals surface area contributed by atoms with E-state index in [4.69, 9.17) is 5.73 Å². The van der Waals surface area contributed by atoms with Crippen molar-refractivity contribution in [2.24, 2.45) is 5.73 Å². The zero-order valence-corrected chi connectivity index (χ0v) is 8.34. The van der Waals surface area contributed by atoms with Crippen molar-refractivity contribution in [3.05, 3.63) is 29.8 Å². The van der Waals surface area contributed by atoms with Gasteiger partial charge in [0.05, 0.1) is 0 Å². The zero-order valence-electron chi connectivity index (χ0n) is 7.52. The van der Waals surface area contributed by atoms with Crippen molar-refractivity contribution in [1.82, 2.24) is 0 Å². The Hall–Kier alpha value is -1.49. The summed E-state index contributed by atoms with van der Waals surface area (Å²) < 4.78 is 11.0. The maximum atomic E-state index is 11.1. The number of ketones is 1. The Labute approximate surface area is 83.6 Å². The van der Waals surface area contributed by atoms with E-state index < -0.39 is 22.5 Å². The minimum atomic E-state index is -1.09. The van der Waals surface area contributed by atoms with E-state index in [9.17, 15) is 13.8 Å². The minimum Gasteiger partial charge on any atom is -0.363 e. The second-order valence-electron chi connectivity index (χ2n) is 2.67. The molecule has 0 aliphatic heterocycles. The van der Waals surface area contributed by atoms with Gasteiger partial charge in [0.2, 0.25) is 5.78 Å². The number of nitrogens with two attached hydrogens (primary N) is 1. The number of primary amides is 1. The molecule has 2 N–H and O–H groups in total. The summed E-state index contributed by atoms with van der Waals surface area (Å²) in [4.78, 5) is 22.2. The lowest BCUT2D eigenvalue weighted by Gasteiger charge is -1.98. The Morgan fingerprint density at radius 3 is 2.07 bits per heavy atom. The van der Waals surface area contributed by atoms with E-state index in [2.05, 4.69) is 0 Å². The molecule has 0 aliphatic carbocycles. The molecule has 0 heterocycles. The molecule has 0 aliphatic rings. The van der Waals surface area contributed by atoms with Crippen molar-refractivity contribution in [3.8, 4) is 0 Å². The number of hydrogen-bond acceptors (Lipinski definition) is 3. The molecule has 0 saturated carbocycles. The van der Waals surface area contributed by atoms with E-state index in [1.165, 1.54) is 30.5 Å². The lowest BCUT2D eigenvalue weighted by molar-refractivity contribution is -0.114. The van der Waals surface area contributed by atoms with Crippen LogP contribution in [-0.4, -0.2) is 22.2 Å². The van der Waals surface area contributed by atoms with Crippen LogP contribution in [0.4, 0.5) is 0 Å². The number of rotatable bonds is 3. The van der Waals surface area contributed by atoms with Crippen molar-refractivity contribution in [1.29, 1.82) is 0 Å². The maximum Gasteiger partial charge on any atom is 0.289 e. The molecule has 1 aromatic carbocycles. The summed E-state index contributed by atoms with van der Waals surface area (Å²) in [7, 11) is -1.09. The second kappa shape index (κ2) is 4.15. The van der Waals surface area contributed by atoms with Gasteiger partial charge in [-0.25, -0.2) is 0 Å². The predicted octanol–water partition coefficient (Wildman–Crippen LogP) is 0.0920. The molecule has 74 valence electrons. The van der Waals surface area contributed by atoms with E-state index >= 15 is 0 Å². The van der Waals surface area contributed by atoms with Gasteiger partial charge in [0, 0.05) is 27.5 Å². The molecule has 1 amide bonds. The van der Waals surface area contributed by atoms with Crippen LogP contribution in [0.15, 0.2) is 29.2 Å². The average Bonchev–Trinajstić information content (AvgIpc) is 2.16. The molecule has 0 bridgehead atoms. The molecule has 1 atom stereocenters. The van der Waals surface area contributed by atoms with Gasteiger partial charge in [0.15, 0.2) is 0 Å². The first-order valence-corrected chi connectivity index (χ1v) is 5.36. The summed E-state index contributed by atoms with van der Waals surface area (Å²) in [6.45, 7) is 0. The zero-order chi connectivity index (χ0) is 10.7. The monoisotopic (exact) mass is 211 g/mol. The quantitative estimate of drug-likeness (QED) is 0.568. The minimum absolute atomic E-state index is 0.215. The second-order valence-corrected chi connectivity index (χ2v) is 4.05. The Kier molecular flexibility index (Phi) is 3.14. The van der Waals surface area contributed by atoms with Crippen LogP contribution >= 0.6 is 0 Å². The number of hydrogen-bond donors (Lipinski definition) is 1. The Morgan fingerprint density at radius 1 is 1.21 bits per heavy atom. The number of Topliss-reactive ketones (excluding diaryl/α,β-unsaturated/α-hetero) is 1. The lowest BCUT2D eigenvalue weighted by atomic mass is 10.1. The normalized spacial score (nSPS) is 12.1. The molecule has 14 heavy (non-hydrogen) atoms. The van der Waals surface area contributed by atoms with Gasteiger partial charge in [0.25, 0.3) is 5.91 Å². The Balaban J connectivity index is 3.00. The lowest BCUT2D eigenvalue weighted by Crippen LogP contribution is -2.22. The summed E-state index contributed by atoms with van der Waals surface area (Å²) in [6.07, 6.45) is 1.53. The van der Waals surface area contributed by atoms with Crippen LogP contribution in [0.3, 0.4) is 0 Å². The molecule has 1 rings (SSSR count). The van der Waals surface area contributed by atoms with Gasteiger partial charge in [-0.05, 0) is 24.3 Å². The fraction of sp³-hybridized carbons (Fsp3) is 0.111. The smallest absolute Gasteiger partial charge is 0.289 e. The SMILES string of the molecule is CS(=O)c1ccc(C(=O)C(N)=O)cc1. The highest BCUT2D eigenvalue weighted by molar-refractivity contribution is 7.84. The average molecular weight is 211 g/mol. The number of carbonyl (C=O) groups excluding carboxylic acids is 2. The molecule has 5 heteroatoms. The number of carbonyl (C=O) groups is 2. The third-order valence-electron chi connectivity index (χ3n) is 1.67. The topological polar surface area (TPSA) is 77.2 Å². The van der Waals surface area contributed by atoms with Crippen molar-refractivity contribution < 1.29 is 13.8 Å². The molecule has 0 aromatic heterocycles. The van der Waals surface area contributed by atoms with Crippen molar-refractivity contribution >= 4 is 22.5 Å². The van der Waals surface area contributed by atoms with Gasteiger partial charge >= 0.3 is 0 Å². The molecule has 0 saturated heterocycles. The van der Waals surface area contributed by atoms with Gasteiger partial charge in [-0.1, -0.05) is 0 Å². The van der Waals surface area contributed by atoms with E-state index in [-0.39, 0.29) is 5.56 Å².